The van der Waals surface area contributed by atoms with Gasteiger partial charge in [-0.1, -0.05) is 24.3 Å². The van der Waals surface area contributed by atoms with Crippen molar-refractivity contribution in [2.24, 2.45) is 0 Å². The Bertz CT molecular complexity index is 886. The molecule has 0 radical (unpaired) electrons. The van der Waals surface area contributed by atoms with Gasteiger partial charge in [0.05, 0.1) is 11.6 Å². The van der Waals surface area contributed by atoms with Crippen molar-refractivity contribution >= 4 is 16.9 Å². The molecule has 2 aromatic carbocycles. The van der Waals surface area contributed by atoms with Crippen molar-refractivity contribution in [3.63, 3.8) is 0 Å². The summed E-state index contributed by atoms with van der Waals surface area (Å²) < 4.78 is 13.1. The molecule has 1 aliphatic carbocycles. The summed E-state index contributed by atoms with van der Waals surface area (Å²) in [5, 5.41) is 18.8. The topological polar surface area (TPSA) is 61.1 Å². The highest BCUT2D eigenvalue weighted by atomic mass is 19.1. The average molecular weight is 305 g/mol. The normalized spacial score (nSPS) is 14.4. The highest BCUT2D eigenvalue weighted by Gasteiger charge is 2.22. The van der Waals surface area contributed by atoms with Crippen LogP contribution in [0.15, 0.2) is 60.4 Å². The summed E-state index contributed by atoms with van der Waals surface area (Å²) in [4.78, 5) is 11.9. The van der Waals surface area contributed by atoms with E-state index in [0.29, 0.717) is 22.3 Å². The second kappa shape index (κ2) is 5.90. The van der Waals surface area contributed by atoms with Crippen molar-refractivity contribution in [1.29, 1.82) is 5.26 Å². The van der Waals surface area contributed by atoms with Gasteiger partial charge in [-0.2, -0.15) is 5.26 Å². The minimum atomic E-state index is -0.385. The molecule has 3 rings (SSSR count). The highest BCUT2D eigenvalue weighted by molar-refractivity contribution is 6.12. The molecule has 0 aromatic heterocycles. The molecule has 0 fully saturated rings. The van der Waals surface area contributed by atoms with Crippen LogP contribution in [-0.4, -0.2) is 10.9 Å². The quantitative estimate of drug-likeness (QED) is 0.911. The molecule has 0 bridgehead atoms. The van der Waals surface area contributed by atoms with E-state index in [0.717, 1.165) is 5.56 Å². The maximum absolute atomic E-state index is 13.1. The SMILES string of the molecule is N#Cc1cccc(C2=C(c3ccc(F)cc3)CC(=O)C(O)=C2)c1. The van der Waals surface area contributed by atoms with E-state index in [1.165, 1.54) is 18.2 Å². The Morgan fingerprint density at radius 3 is 2.52 bits per heavy atom. The van der Waals surface area contributed by atoms with Crippen molar-refractivity contribution < 1.29 is 14.3 Å². The Morgan fingerprint density at radius 2 is 1.83 bits per heavy atom. The average Bonchev–Trinajstić information content (AvgIpc) is 2.58. The molecule has 0 atom stereocenters. The Labute approximate surface area is 132 Å². The van der Waals surface area contributed by atoms with E-state index in [1.807, 2.05) is 0 Å². The lowest BCUT2D eigenvalue weighted by Gasteiger charge is -2.18. The fraction of sp³-hybridized carbons (Fsp3) is 0.0526. The van der Waals surface area contributed by atoms with Crippen LogP contribution in [0, 0.1) is 17.1 Å². The maximum Gasteiger partial charge on any atom is 0.201 e. The summed E-state index contributed by atoms with van der Waals surface area (Å²) in [5.74, 6) is -1.05. The number of hydrogen-bond acceptors (Lipinski definition) is 3. The lowest BCUT2D eigenvalue weighted by atomic mass is 9.86. The van der Waals surface area contributed by atoms with Gasteiger partial charge in [0.1, 0.15) is 5.82 Å². The van der Waals surface area contributed by atoms with E-state index >= 15 is 0 Å². The van der Waals surface area contributed by atoms with E-state index in [1.54, 1.807) is 36.4 Å². The van der Waals surface area contributed by atoms with Crippen LogP contribution in [0.25, 0.3) is 11.1 Å². The number of halogens is 1. The van der Waals surface area contributed by atoms with E-state index in [-0.39, 0.29) is 23.8 Å². The monoisotopic (exact) mass is 305 g/mol. The molecular weight excluding hydrogens is 293 g/mol. The van der Waals surface area contributed by atoms with Crippen molar-refractivity contribution in [2.45, 2.75) is 6.42 Å². The first kappa shape index (κ1) is 14.7. The molecule has 0 spiro atoms. The zero-order valence-corrected chi connectivity index (χ0v) is 12.1. The number of carbonyl (C=O) groups excluding carboxylic acids is 1. The molecule has 2 aromatic rings. The third-order valence-corrected chi connectivity index (χ3v) is 3.72. The summed E-state index contributed by atoms with van der Waals surface area (Å²) in [6, 6.07) is 14.8. The summed E-state index contributed by atoms with van der Waals surface area (Å²) in [5.41, 5.74) is 3.27. The van der Waals surface area contributed by atoms with Crippen molar-refractivity contribution in [2.75, 3.05) is 0 Å². The van der Waals surface area contributed by atoms with Crippen LogP contribution in [0.1, 0.15) is 23.1 Å². The molecule has 0 aliphatic heterocycles. The van der Waals surface area contributed by atoms with Crippen LogP contribution in [0.3, 0.4) is 0 Å². The third kappa shape index (κ3) is 2.90. The molecule has 1 aliphatic rings. The van der Waals surface area contributed by atoms with Gasteiger partial charge in [0, 0.05) is 6.42 Å². The molecule has 1 N–H and O–H groups in total. The Morgan fingerprint density at radius 1 is 1.09 bits per heavy atom. The minimum absolute atomic E-state index is 0.0279. The van der Waals surface area contributed by atoms with Gasteiger partial charge in [0.25, 0.3) is 0 Å². The van der Waals surface area contributed by atoms with Gasteiger partial charge in [0.2, 0.25) is 5.78 Å². The van der Waals surface area contributed by atoms with Crippen LogP contribution in [0.5, 0.6) is 0 Å². The Kier molecular flexibility index (Phi) is 3.78. The standard InChI is InChI=1S/C19H12FNO2/c20-15-6-4-13(5-7-15)16-9-18(22)19(23)10-17(16)14-3-1-2-12(8-14)11-21/h1-8,10,23H,9H2. The molecule has 112 valence electrons. The first-order chi connectivity index (χ1) is 11.1. The van der Waals surface area contributed by atoms with Crippen LogP contribution in [-0.2, 0) is 4.79 Å². The fourth-order valence-electron chi connectivity index (χ4n) is 2.57. The van der Waals surface area contributed by atoms with Gasteiger partial charge < -0.3 is 5.11 Å². The first-order valence-corrected chi connectivity index (χ1v) is 7.02. The molecule has 0 heterocycles. The number of hydrogen-bond donors (Lipinski definition) is 1. The third-order valence-electron chi connectivity index (χ3n) is 3.72. The van der Waals surface area contributed by atoms with Gasteiger partial charge in [-0.25, -0.2) is 4.39 Å². The summed E-state index contributed by atoms with van der Waals surface area (Å²) in [7, 11) is 0. The van der Waals surface area contributed by atoms with Gasteiger partial charge in [-0.15, -0.1) is 0 Å². The number of rotatable bonds is 2. The number of allylic oxidation sites excluding steroid dienone is 4. The van der Waals surface area contributed by atoms with Gasteiger partial charge >= 0.3 is 0 Å². The minimum Gasteiger partial charge on any atom is -0.504 e. The number of nitrogens with zero attached hydrogens (tertiary/aromatic N) is 1. The number of nitriles is 1. The number of carbonyl (C=O) groups is 1. The number of ketones is 1. The summed E-state index contributed by atoms with van der Waals surface area (Å²) in [6.45, 7) is 0. The molecule has 0 saturated carbocycles. The lowest BCUT2D eigenvalue weighted by molar-refractivity contribution is -0.117. The van der Waals surface area contributed by atoms with E-state index in [9.17, 15) is 14.3 Å². The van der Waals surface area contributed by atoms with E-state index < -0.39 is 0 Å². The molecule has 4 heteroatoms. The Balaban J connectivity index is 2.21. The first-order valence-electron chi connectivity index (χ1n) is 7.02. The number of aliphatic hydroxyl groups excluding tert-OH is 1. The van der Waals surface area contributed by atoms with Gasteiger partial charge in [-0.05, 0) is 52.6 Å². The van der Waals surface area contributed by atoms with Crippen LogP contribution < -0.4 is 0 Å². The van der Waals surface area contributed by atoms with E-state index in [2.05, 4.69) is 6.07 Å². The zero-order chi connectivity index (χ0) is 16.4. The number of benzene rings is 2. The summed E-state index contributed by atoms with van der Waals surface area (Å²) in [6.07, 6.45) is 1.43. The number of Topliss-reactive ketones (excluding diaryl/α,β-unsaturated/α-hetero) is 1. The van der Waals surface area contributed by atoms with Crippen molar-refractivity contribution in [1.82, 2.24) is 0 Å². The van der Waals surface area contributed by atoms with Crippen LogP contribution >= 0.6 is 0 Å². The molecular formula is C19H12FNO2. The molecule has 3 nitrogen and oxygen atoms in total. The van der Waals surface area contributed by atoms with Crippen molar-refractivity contribution in [3.05, 3.63) is 82.9 Å². The van der Waals surface area contributed by atoms with Gasteiger partial charge in [0.15, 0.2) is 5.76 Å². The molecule has 23 heavy (non-hydrogen) atoms. The zero-order valence-electron chi connectivity index (χ0n) is 12.1. The van der Waals surface area contributed by atoms with E-state index in [4.69, 9.17) is 5.26 Å². The fourth-order valence-corrected chi connectivity index (χ4v) is 2.57. The largest absolute Gasteiger partial charge is 0.504 e. The maximum atomic E-state index is 13.1. The predicted octanol–water partition coefficient (Wildman–Crippen LogP) is 4.02. The van der Waals surface area contributed by atoms with Gasteiger partial charge in [-0.3, -0.25) is 4.79 Å². The lowest BCUT2D eigenvalue weighted by Crippen LogP contribution is -2.10. The summed E-state index contributed by atoms with van der Waals surface area (Å²) >= 11 is 0. The molecule has 0 saturated heterocycles. The van der Waals surface area contributed by atoms with Crippen molar-refractivity contribution in [3.8, 4) is 6.07 Å². The number of aliphatic hydroxyl groups is 1. The molecule has 0 unspecified atom stereocenters. The Hall–Kier alpha value is -3.19. The predicted molar refractivity (Wildman–Crippen MR) is 84.7 cm³/mol. The van der Waals surface area contributed by atoms with Crippen LogP contribution in [0.2, 0.25) is 0 Å². The van der Waals surface area contributed by atoms with Crippen LogP contribution in [0.4, 0.5) is 4.39 Å². The second-order valence-electron chi connectivity index (χ2n) is 5.22. The smallest absolute Gasteiger partial charge is 0.201 e. The molecule has 0 amide bonds. The second-order valence-corrected chi connectivity index (χ2v) is 5.22. The highest BCUT2D eigenvalue weighted by Crippen LogP contribution is 2.35.